The highest BCUT2D eigenvalue weighted by molar-refractivity contribution is 5.66. The summed E-state index contributed by atoms with van der Waals surface area (Å²) in [5.74, 6) is 1.04. The lowest BCUT2D eigenvalue weighted by Crippen LogP contribution is -2.22. The molecule has 0 amide bonds. The molecule has 0 spiro atoms. The Hall–Kier alpha value is -2.57. The summed E-state index contributed by atoms with van der Waals surface area (Å²) in [5.41, 5.74) is 0. The predicted molar refractivity (Wildman–Crippen MR) is 65.6 cm³/mol. The molecule has 0 saturated heterocycles. The van der Waals surface area contributed by atoms with Crippen LogP contribution in [0.25, 0.3) is 0 Å². The van der Waals surface area contributed by atoms with Crippen molar-refractivity contribution >= 4 is 5.97 Å². The molecule has 7 heteroatoms. The highest BCUT2D eigenvalue weighted by Gasteiger charge is 2.26. The molecule has 104 valence electrons. The lowest BCUT2D eigenvalue weighted by molar-refractivity contribution is -0.137. The van der Waals surface area contributed by atoms with Gasteiger partial charge in [-0.05, 0) is 12.1 Å². The van der Waals surface area contributed by atoms with Crippen LogP contribution in [0.2, 0.25) is 0 Å². The highest BCUT2D eigenvalue weighted by Crippen LogP contribution is 2.35. The molecule has 0 bridgehead atoms. The van der Waals surface area contributed by atoms with Crippen LogP contribution in [0.3, 0.4) is 0 Å². The number of aromatic nitrogens is 2. The fourth-order valence-corrected chi connectivity index (χ4v) is 1.86. The SMILES string of the molecule is O=C(O)CCc1nc([C@H]2COc3ccccc3O2)no1. The third-order valence-electron chi connectivity index (χ3n) is 2.83. The van der Waals surface area contributed by atoms with Crippen LogP contribution >= 0.6 is 0 Å². The van der Waals surface area contributed by atoms with Crippen molar-refractivity contribution in [3.8, 4) is 11.5 Å². The number of para-hydroxylation sites is 2. The molecule has 1 N–H and O–H groups in total. The van der Waals surface area contributed by atoms with Crippen molar-refractivity contribution in [2.24, 2.45) is 0 Å². The van der Waals surface area contributed by atoms with E-state index in [0.717, 1.165) is 0 Å². The van der Waals surface area contributed by atoms with E-state index < -0.39 is 12.1 Å². The molecule has 1 atom stereocenters. The largest absolute Gasteiger partial charge is 0.485 e. The standard InChI is InChI=1S/C13H12N2O5/c16-12(17)6-5-11-14-13(15-20-11)10-7-18-8-3-1-2-4-9(8)19-10/h1-4,10H,5-7H2,(H,16,17)/t10-/m1/s1. The Kier molecular flexibility index (Phi) is 3.24. The minimum atomic E-state index is -0.907. The van der Waals surface area contributed by atoms with Gasteiger partial charge in [0.1, 0.15) is 6.61 Å². The molecule has 0 radical (unpaired) electrons. The average Bonchev–Trinajstić information content (AvgIpc) is 2.93. The molecule has 7 nitrogen and oxygen atoms in total. The smallest absolute Gasteiger partial charge is 0.303 e. The molecule has 1 aliphatic heterocycles. The molecule has 1 aliphatic rings. The van der Waals surface area contributed by atoms with Gasteiger partial charge in [-0.25, -0.2) is 0 Å². The van der Waals surface area contributed by atoms with Crippen LogP contribution in [0.15, 0.2) is 28.8 Å². The van der Waals surface area contributed by atoms with Gasteiger partial charge in [0.25, 0.3) is 0 Å². The number of ether oxygens (including phenoxy) is 2. The van der Waals surface area contributed by atoms with Crippen molar-refractivity contribution < 1.29 is 23.9 Å². The van der Waals surface area contributed by atoms with E-state index in [1.165, 1.54) is 0 Å². The van der Waals surface area contributed by atoms with Gasteiger partial charge in [0.05, 0.1) is 6.42 Å². The van der Waals surface area contributed by atoms with Crippen molar-refractivity contribution in [3.05, 3.63) is 36.0 Å². The lowest BCUT2D eigenvalue weighted by atomic mass is 10.2. The Labute approximate surface area is 114 Å². The van der Waals surface area contributed by atoms with E-state index in [0.29, 0.717) is 17.3 Å². The van der Waals surface area contributed by atoms with Crippen molar-refractivity contribution in [2.75, 3.05) is 6.61 Å². The summed E-state index contributed by atoms with van der Waals surface area (Å²) in [7, 11) is 0. The fraction of sp³-hybridized carbons (Fsp3) is 0.308. The average molecular weight is 276 g/mol. The summed E-state index contributed by atoms with van der Waals surface area (Å²) < 4.78 is 16.3. The molecule has 0 aliphatic carbocycles. The maximum atomic E-state index is 10.5. The first-order valence-electron chi connectivity index (χ1n) is 6.15. The normalized spacial score (nSPS) is 16.9. The van der Waals surface area contributed by atoms with Gasteiger partial charge in [-0.15, -0.1) is 0 Å². The molecule has 0 fully saturated rings. The monoisotopic (exact) mass is 276 g/mol. The zero-order valence-electron chi connectivity index (χ0n) is 10.5. The summed E-state index contributed by atoms with van der Waals surface area (Å²) in [4.78, 5) is 14.6. The van der Waals surface area contributed by atoms with E-state index in [4.69, 9.17) is 19.1 Å². The second-order valence-electron chi connectivity index (χ2n) is 4.30. The van der Waals surface area contributed by atoms with Gasteiger partial charge in [-0.1, -0.05) is 17.3 Å². The third kappa shape index (κ3) is 2.56. The van der Waals surface area contributed by atoms with Crippen LogP contribution in [-0.2, 0) is 11.2 Å². The van der Waals surface area contributed by atoms with Gasteiger partial charge >= 0.3 is 5.97 Å². The summed E-state index contributed by atoms with van der Waals surface area (Å²) in [6.45, 7) is 0.287. The van der Waals surface area contributed by atoms with Crippen molar-refractivity contribution in [1.82, 2.24) is 10.1 Å². The molecule has 2 heterocycles. The molecule has 1 aromatic carbocycles. The quantitative estimate of drug-likeness (QED) is 0.906. The van der Waals surface area contributed by atoms with E-state index in [-0.39, 0.29) is 25.3 Å². The minimum Gasteiger partial charge on any atom is -0.485 e. The van der Waals surface area contributed by atoms with E-state index in [9.17, 15) is 4.79 Å². The highest BCUT2D eigenvalue weighted by atomic mass is 16.6. The number of hydrogen-bond acceptors (Lipinski definition) is 6. The van der Waals surface area contributed by atoms with Crippen LogP contribution in [0.5, 0.6) is 11.5 Å². The number of benzene rings is 1. The van der Waals surface area contributed by atoms with E-state index in [1.54, 1.807) is 6.07 Å². The van der Waals surface area contributed by atoms with Gasteiger partial charge < -0.3 is 19.1 Å². The Balaban J connectivity index is 1.70. The number of rotatable bonds is 4. The van der Waals surface area contributed by atoms with Gasteiger partial charge in [0.15, 0.2) is 17.6 Å². The third-order valence-corrected chi connectivity index (χ3v) is 2.83. The maximum absolute atomic E-state index is 10.5. The Morgan fingerprint density at radius 2 is 2.15 bits per heavy atom. The van der Waals surface area contributed by atoms with Gasteiger partial charge in [-0.3, -0.25) is 4.79 Å². The Morgan fingerprint density at radius 1 is 1.35 bits per heavy atom. The summed E-state index contributed by atoms with van der Waals surface area (Å²) in [6, 6.07) is 7.33. The number of nitrogens with zero attached hydrogens (tertiary/aromatic N) is 2. The number of carbonyl (C=O) groups is 1. The van der Waals surface area contributed by atoms with Crippen LogP contribution in [0.1, 0.15) is 24.2 Å². The molecule has 20 heavy (non-hydrogen) atoms. The van der Waals surface area contributed by atoms with Crippen LogP contribution in [0.4, 0.5) is 0 Å². The lowest BCUT2D eigenvalue weighted by Gasteiger charge is -2.24. The number of hydrogen-bond donors (Lipinski definition) is 1. The Bertz CT molecular complexity index is 625. The molecule has 0 saturated carbocycles. The first-order chi connectivity index (χ1) is 9.72. The van der Waals surface area contributed by atoms with Crippen molar-refractivity contribution in [2.45, 2.75) is 18.9 Å². The number of aryl methyl sites for hydroxylation is 1. The van der Waals surface area contributed by atoms with Crippen LogP contribution < -0.4 is 9.47 Å². The van der Waals surface area contributed by atoms with Gasteiger partial charge in [0, 0.05) is 6.42 Å². The van der Waals surface area contributed by atoms with Crippen LogP contribution in [0, 0.1) is 0 Å². The van der Waals surface area contributed by atoms with E-state index in [1.807, 2.05) is 18.2 Å². The minimum absolute atomic E-state index is 0.0491. The Morgan fingerprint density at radius 3 is 2.95 bits per heavy atom. The van der Waals surface area contributed by atoms with Gasteiger partial charge in [-0.2, -0.15) is 4.98 Å². The summed E-state index contributed by atoms with van der Waals surface area (Å²) >= 11 is 0. The first kappa shape index (κ1) is 12.5. The van der Waals surface area contributed by atoms with Crippen molar-refractivity contribution in [3.63, 3.8) is 0 Å². The first-order valence-corrected chi connectivity index (χ1v) is 6.15. The second kappa shape index (κ2) is 5.20. The molecule has 0 unspecified atom stereocenters. The molecule has 3 rings (SSSR count). The van der Waals surface area contributed by atoms with E-state index >= 15 is 0 Å². The van der Waals surface area contributed by atoms with E-state index in [2.05, 4.69) is 10.1 Å². The molecule has 1 aromatic heterocycles. The number of carboxylic acids is 1. The summed E-state index contributed by atoms with van der Waals surface area (Å²) in [6.07, 6.45) is -0.300. The predicted octanol–water partition coefficient (Wildman–Crippen LogP) is 1.60. The second-order valence-corrected chi connectivity index (χ2v) is 4.30. The van der Waals surface area contributed by atoms with Crippen LogP contribution in [-0.4, -0.2) is 27.8 Å². The molecular weight excluding hydrogens is 264 g/mol. The van der Waals surface area contributed by atoms with Gasteiger partial charge in [0.2, 0.25) is 11.7 Å². The molecular formula is C13H12N2O5. The zero-order valence-corrected chi connectivity index (χ0v) is 10.5. The number of aliphatic carboxylic acids is 1. The summed E-state index contributed by atoms with van der Waals surface area (Å²) in [5, 5.41) is 12.4. The fourth-order valence-electron chi connectivity index (χ4n) is 1.86. The number of carboxylic acid groups (broad SMARTS) is 1. The molecule has 2 aromatic rings. The topological polar surface area (TPSA) is 94.7 Å². The maximum Gasteiger partial charge on any atom is 0.303 e. The van der Waals surface area contributed by atoms with Crippen molar-refractivity contribution in [1.29, 1.82) is 0 Å². The number of fused-ring (bicyclic) bond motifs is 1. The zero-order chi connectivity index (χ0) is 13.9.